The van der Waals surface area contributed by atoms with Gasteiger partial charge in [0.05, 0.1) is 47.7 Å². The molecule has 158 valence electrons. The van der Waals surface area contributed by atoms with E-state index in [1.54, 1.807) is 27.6 Å². The lowest BCUT2D eigenvalue weighted by atomic mass is 10.2. The fraction of sp³-hybridized carbons (Fsp3) is 0.500. The monoisotopic (exact) mass is 410 g/mol. The maximum atomic E-state index is 13.1. The van der Waals surface area contributed by atoms with Crippen molar-refractivity contribution in [3.63, 3.8) is 0 Å². The number of hydrogen-bond acceptors (Lipinski definition) is 6. The molecule has 5 heterocycles. The molecule has 0 radical (unpaired) electrons. The second-order valence-electron chi connectivity index (χ2n) is 8.03. The summed E-state index contributed by atoms with van der Waals surface area (Å²) in [6.45, 7) is 5.93. The highest BCUT2D eigenvalue weighted by molar-refractivity contribution is 5.91. The molecule has 0 bridgehead atoms. The van der Waals surface area contributed by atoms with Gasteiger partial charge in [-0.2, -0.15) is 0 Å². The molecule has 3 aromatic rings. The van der Waals surface area contributed by atoms with E-state index in [1.165, 1.54) is 0 Å². The van der Waals surface area contributed by atoms with Crippen molar-refractivity contribution in [3.8, 4) is 0 Å². The normalized spacial score (nSPS) is 20.3. The molecule has 5 rings (SSSR count). The van der Waals surface area contributed by atoms with Crippen LogP contribution in [0, 0.1) is 0 Å². The fourth-order valence-corrected chi connectivity index (χ4v) is 4.31. The summed E-state index contributed by atoms with van der Waals surface area (Å²) in [4.78, 5) is 33.0. The van der Waals surface area contributed by atoms with E-state index in [0.717, 1.165) is 52.3 Å². The van der Waals surface area contributed by atoms with Crippen LogP contribution in [-0.2, 0) is 22.6 Å². The first-order chi connectivity index (χ1) is 14.7. The van der Waals surface area contributed by atoms with Gasteiger partial charge in [-0.25, -0.2) is 4.98 Å². The second kappa shape index (κ2) is 8.29. The first-order valence-corrected chi connectivity index (χ1v) is 10.6. The molecular weight excluding hydrogens is 384 g/mol. The van der Waals surface area contributed by atoms with Crippen molar-refractivity contribution in [3.05, 3.63) is 51.3 Å². The summed E-state index contributed by atoms with van der Waals surface area (Å²) in [6, 6.07) is 5.40. The molecule has 0 spiro atoms. The Hall–Kier alpha value is -2.55. The lowest BCUT2D eigenvalue weighted by Crippen LogP contribution is -2.39. The molecule has 2 fully saturated rings. The summed E-state index contributed by atoms with van der Waals surface area (Å²) in [5.74, 6) is 0. The quantitative estimate of drug-likeness (QED) is 0.589. The highest BCUT2D eigenvalue weighted by Gasteiger charge is 2.18. The zero-order chi connectivity index (χ0) is 20.5. The molecule has 2 aliphatic rings. The minimum absolute atomic E-state index is 0.0750. The number of fused-ring (bicyclic) bond motifs is 2. The number of hydrogen-bond donors (Lipinski definition) is 0. The molecule has 0 aliphatic carbocycles. The van der Waals surface area contributed by atoms with Crippen molar-refractivity contribution in [2.24, 2.45) is 0 Å². The minimum atomic E-state index is -0.125. The van der Waals surface area contributed by atoms with E-state index < -0.39 is 0 Å². The van der Waals surface area contributed by atoms with Crippen LogP contribution in [0.25, 0.3) is 21.8 Å². The Morgan fingerprint density at radius 2 is 1.63 bits per heavy atom. The number of aromatic nitrogens is 3. The van der Waals surface area contributed by atoms with E-state index >= 15 is 0 Å². The molecule has 2 aliphatic heterocycles. The van der Waals surface area contributed by atoms with Gasteiger partial charge in [-0.05, 0) is 31.0 Å². The number of rotatable bonds is 5. The Bertz CT molecular complexity index is 1170. The summed E-state index contributed by atoms with van der Waals surface area (Å²) < 4.78 is 14.4. The topological polar surface area (TPSA) is 78.6 Å². The number of nitrogens with zero attached hydrogens (tertiary/aromatic N) is 4. The smallest absolute Gasteiger partial charge is 0.260 e. The van der Waals surface area contributed by atoms with Gasteiger partial charge in [-0.1, -0.05) is 0 Å². The van der Waals surface area contributed by atoms with Gasteiger partial charge in [0.2, 0.25) is 0 Å². The van der Waals surface area contributed by atoms with Crippen LogP contribution < -0.4 is 11.1 Å². The largest absolute Gasteiger partial charge is 0.379 e. The van der Waals surface area contributed by atoms with Crippen LogP contribution >= 0.6 is 0 Å². The molecule has 8 nitrogen and oxygen atoms in total. The molecule has 30 heavy (non-hydrogen) atoms. The average Bonchev–Trinajstić information content (AvgIpc) is 3.29. The third-order valence-electron chi connectivity index (χ3n) is 6.07. The van der Waals surface area contributed by atoms with Crippen molar-refractivity contribution in [1.82, 2.24) is 19.0 Å². The Labute approximate surface area is 173 Å². The number of pyridine rings is 3. The molecule has 0 amide bonds. The lowest BCUT2D eigenvalue weighted by Gasteiger charge is -2.26. The van der Waals surface area contributed by atoms with Gasteiger partial charge in [-0.15, -0.1) is 0 Å². The van der Waals surface area contributed by atoms with Gasteiger partial charge in [0.25, 0.3) is 11.1 Å². The van der Waals surface area contributed by atoms with Gasteiger partial charge < -0.3 is 18.6 Å². The van der Waals surface area contributed by atoms with Crippen LogP contribution in [-0.4, -0.2) is 64.6 Å². The van der Waals surface area contributed by atoms with Crippen molar-refractivity contribution in [2.75, 3.05) is 39.5 Å². The van der Waals surface area contributed by atoms with Crippen LogP contribution in [0.2, 0.25) is 0 Å². The fourth-order valence-electron chi connectivity index (χ4n) is 4.31. The summed E-state index contributed by atoms with van der Waals surface area (Å²) in [5.41, 5.74) is 0.998. The van der Waals surface area contributed by atoms with E-state index in [9.17, 15) is 9.59 Å². The van der Waals surface area contributed by atoms with Crippen LogP contribution in [0.3, 0.4) is 0 Å². The van der Waals surface area contributed by atoms with Crippen molar-refractivity contribution in [2.45, 2.75) is 32.0 Å². The standard InChI is InChI=1S/C22H26N4O4/c27-21-17-14-18-20(4-6-26(22(18)28)15-16-2-1-11-30-16)23-19(17)3-5-25(21)8-7-24-9-12-29-13-10-24/h3-6,14,16H,1-2,7-13,15H2/t16-/m1/s1. The predicted octanol–water partition coefficient (Wildman–Crippen LogP) is 1.22. The SMILES string of the molecule is O=c1c2cc3c(=O)n(C[C@H]4CCCO4)ccc3nc2ccn1CCN1CCOCC1. The van der Waals surface area contributed by atoms with Crippen LogP contribution in [0.4, 0.5) is 0 Å². The van der Waals surface area contributed by atoms with Gasteiger partial charge >= 0.3 is 0 Å². The highest BCUT2D eigenvalue weighted by atomic mass is 16.5. The maximum Gasteiger partial charge on any atom is 0.260 e. The van der Waals surface area contributed by atoms with E-state index in [0.29, 0.717) is 34.9 Å². The van der Waals surface area contributed by atoms with Gasteiger partial charge in [0.1, 0.15) is 0 Å². The summed E-state index contributed by atoms with van der Waals surface area (Å²) >= 11 is 0. The van der Waals surface area contributed by atoms with Crippen molar-refractivity contribution < 1.29 is 9.47 Å². The summed E-state index contributed by atoms with van der Waals surface area (Å²) in [6.07, 6.45) is 5.64. The molecule has 0 saturated carbocycles. The average molecular weight is 410 g/mol. The predicted molar refractivity (Wildman–Crippen MR) is 114 cm³/mol. The van der Waals surface area contributed by atoms with E-state index in [4.69, 9.17) is 9.47 Å². The zero-order valence-corrected chi connectivity index (χ0v) is 17.0. The Balaban J connectivity index is 1.47. The lowest BCUT2D eigenvalue weighted by molar-refractivity contribution is 0.0363. The minimum Gasteiger partial charge on any atom is -0.379 e. The first kappa shape index (κ1) is 19.4. The zero-order valence-electron chi connectivity index (χ0n) is 17.0. The Morgan fingerprint density at radius 3 is 2.33 bits per heavy atom. The molecule has 0 N–H and O–H groups in total. The molecule has 3 aromatic heterocycles. The summed E-state index contributed by atoms with van der Waals surface area (Å²) in [5, 5.41) is 0.963. The van der Waals surface area contributed by atoms with Gasteiger partial charge in [-0.3, -0.25) is 14.5 Å². The van der Waals surface area contributed by atoms with E-state index in [2.05, 4.69) is 9.88 Å². The van der Waals surface area contributed by atoms with Crippen LogP contribution in [0.1, 0.15) is 12.8 Å². The van der Waals surface area contributed by atoms with E-state index in [1.807, 2.05) is 12.1 Å². The van der Waals surface area contributed by atoms with Crippen LogP contribution in [0.5, 0.6) is 0 Å². The Morgan fingerprint density at radius 1 is 0.933 bits per heavy atom. The Kier molecular flexibility index (Phi) is 5.37. The van der Waals surface area contributed by atoms with E-state index in [-0.39, 0.29) is 17.2 Å². The summed E-state index contributed by atoms with van der Waals surface area (Å²) in [7, 11) is 0. The molecule has 1 atom stereocenters. The highest BCUT2D eigenvalue weighted by Crippen LogP contribution is 2.16. The third-order valence-corrected chi connectivity index (χ3v) is 6.07. The number of ether oxygens (including phenoxy) is 2. The molecule has 0 unspecified atom stereocenters. The molecular formula is C22H26N4O4. The van der Waals surface area contributed by atoms with Crippen molar-refractivity contribution in [1.29, 1.82) is 0 Å². The number of morpholine rings is 1. The first-order valence-electron chi connectivity index (χ1n) is 10.6. The third kappa shape index (κ3) is 3.78. The maximum absolute atomic E-state index is 13.1. The van der Waals surface area contributed by atoms with Gasteiger partial charge in [0.15, 0.2) is 0 Å². The second-order valence-corrected chi connectivity index (χ2v) is 8.03. The molecule has 2 saturated heterocycles. The van der Waals surface area contributed by atoms with Gasteiger partial charge in [0, 0.05) is 45.2 Å². The molecule has 8 heteroatoms. The van der Waals surface area contributed by atoms with Crippen molar-refractivity contribution >= 4 is 21.8 Å². The van der Waals surface area contributed by atoms with Crippen LogP contribution in [0.15, 0.2) is 40.2 Å². The molecule has 0 aromatic carbocycles.